The van der Waals surface area contributed by atoms with Crippen LogP contribution in [0.2, 0.25) is 0 Å². The van der Waals surface area contributed by atoms with Crippen LogP contribution in [-0.4, -0.2) is 23.5 Å². The summed E-state index contributed by atoms with van der Waals surface area (Å²) in [6, 6.07) is 10.5. The molecule has 2 aromatic carbocycles. The highest BCUT2D eigenvalue weighted by Crippen LogP contribution is 2.20. The summed E-state index contributed by atoms with van der Waals surface area (Å²) in [6.45, 7) is 0. The van der Waals surface area contributed by atoms with Gasteiger partial charge in [-0.05, 0) is 54.7 Å². The minimum atomic E-state index is -0.323. The quantitative estimate of drug-likeness (QED) is 0.459. The second kappa shape index (κ2) is 7.37. The van der Waals surface area contributed by atoms with Crippen LogP contribution in [0, 0.1) is 5.82 Å². The van der Waals surface area contributed by atoms with Crippen LogP contribution in [0.25, 0.3) is 0 Å². The molecule has 0 saturated carbocycles. The Balaban J connectivity index is 1.94. The molecule has 0 unspecified atom stereocenters. The lowest BCUT2D eigenvalue weighted by Gasteiger charge is -2.07. The van der Waals surface area contributed by atoms with E-state index in [2.05, 4.69) is 15.8 Å². The van der Waals surface area contributed by atoms with Crippen LogP contribution in [0.4, 0.5) is 10.1 Å². The third-order valence-corrected chi connectivity index (χ3v) is 2.90. The largest absolute Gasteiger partial charge is 0.507 e. The van der Waals surface area contributed by atoms with Gasteiger partial charge in [0.05, 0.1) is 13.3 Å². The summed E-state index contributed by atoms with van der Waals surface area (Å²) in [5, 5.41) is 16.7. The van der Waals surface area contributed by atoms with Crippen molar-refractivity contribution in [1.82, 2.24) is 5.43 Å². The van der Waals surface area contributed by atoms with Crippen molar-refractivity contribution in [3.8, 4) is 11.5 Å². The second-order valence-electron chi connectivity index (χ2n) is 4.26. The standard InChI is InChI=1S/C15H14FN3O2S/c1-21-13-6-7-14(20)10(8-13)9-17-19-15(22)18-12-4-2-11(16)3-5-12/h2-9,20H,1H3,(H2,18,19,22)/b17-9+. The van der Waals surface area contributed by atoms with Gasteiger partial charge in [-0.2, -0.15) is 5.10 Å². The van der Waals surface area contributed by atoms with Gasteiger partial charge in [0.15, 0.2) is 5.11 Å². The molecule has 7 heteroatoms. The lowest BCUT2D eigenvalue weighted by Crippen LogP contribution is -2.23. The number of hydrogen-bond donors (Lipinski definition) is 3. The third-order valence-electron chi connectivity index (χ3n) is 2.71. The maximum absolute atomic E-state index is 12.8. The number of hydrogen-bond acceptors (Lipinski definition) is 4. The van der Waals surface area contributed by atoms with E-state index >= 15 is 0 Å². The molecule has 3 N–H and O–H groups in total. The average Bonchev–Trinajstić information content (AvgIpc) is 2.51. The Hall–Kier alpha value is -2.67. The van der Waals surface area contributed by atoms with Crippen LogP contribution in [0.3, 0.4) is 0 Å². The van der Waals surface area contributed by atoms with E-state index in [0.29, 0.717) is 17.0 Å². The Morgan fingerprint density at radius 2 is 2.00 bits per heavy atom. The zero-order chi connectivity index (χ0) is 15.9. The van der Waals surface area contributed by atoms with E-state index in [1.807, 2.05) is 0 Å². The Morgan fingerprint density at radius 3 is 2.68 bits per heavy atom. The van der Waals surface area contributed by atoms with Crippen molar-refractivity contribution in [2.45, 2.75) is 0 Å². The number of benzene rings is 2. The molecule has 0 aliphatic carbocycles. The van der Waals surface area contributed by atoms with Gasteiger partial charge < -0.3 is 15.2 Å². The Bertz CT molecular complexity index is 690. The van der Waals surface area contributed by atoms with Gasteiger partial charge in [-0.3, -0.25) is 5.43 Å². The van der Waals surface area contributed by atoms with Crippen LogP contribution in [0.15, 0.2) is 47.6 Å². The van der Waals surface area contributed by atoms with E-state index in [1.165, 1.54) is 31.5 Å². The van der Waals surface area contributed by atoms with Crippen LogP contribution >= 0.6 is 12.2 Å². The molecule has 22 heavy (non-hydrogen) atoms. The van der Waals surface area contributed by atoms with Crippen molar-refractivity contribution in [2.24, 2.45) is 5.10 Å². The Morgan fingerprint density at radius 1 is 1.27 bits per heavy atom. The van der Waals surface area contributed by atoms with Gasteiger partial charge in [-0.15, -0.1) is 0 Å². The molecular formula is C15H14FN3O2S. The molecule has 0 aliphatic rings. The first-order valence-electron chi connectivity index (χ1n) is 6.31. The first-order chi connectivity index (χ1) is 10.6. The number of halogens is 1. The smallest absolute Gasteiger partial charge is 0.191 e. The number of thiocarbonyl (C=S) groups is 1. The maximum atomic E-state index is 12.8. The van der Waals surface area contributed by atoms with Crippen molar-refractivity contribution in [2.75, 3.05) is 12.4 Å². The van der Waals surface area contributed by atoms with Gasteiger partial charge in [0.25, 0.3) is 0 Å². The fourth-order valence-electron chi connectivity index (χ4n) is 1.62. The summed E-state index contributed by atoms with van der Waals surface area (Å²) in [5.41, 5.74) is 3.72. The van der Waals surface area contributed by atoms with E-state index in [9.17, 15) is 9.50 Å². The molecule has 0 atom stereocenters. The Kier molecular flexibility index (Phi) is 5.26. The van der Waals surface area contributed by atoms with Gasteiger partial charge in [0.2, 0.25) is 0 Å². The van der Waals surface area contributed by atoms with Gasteiger partial charge >= 0.3 is 0 Å². The minimum Gasteiger partial charge on any atom is -0.507 e. The number of methoxy groups -OCH3 is 1. The fraction of sp³-hybridized carbons (Fsp3) is 0.0667. The summed E-state index contributed by atoms with van der Waals surface area (Å²) >= 11 is 5.05. The molecule has 5 nitrogen and oxygen atoms in total. The number of aromatic hydroxyl groups is 1. The van der Waals surface area contributed by atoms with E-state index < -0.39 is 0 Å². The van der Waals surface area contributed by atoms with Gasteiger partial charge in [-0.25, -0.2) is 4.39 Å². The number of nitrogens with zero attached hydrogens (tertiary/aromatic N) is 1. The molecule has 114 valence electrons. The molecule has 0 bridgehead atoms. The zero-order valence-corrected chi connectivity index (χ0v) is 12.5. The molecule has 0 amide bonds. The van der Waals surface area contributed by atoms with Gasteiger partial charge in [-0.1, -0.05) is 0 Å². The number of anilines is 1. The monoisotopic (exact) mass is 319 g/mol. The molecule has 2 rings (SSSR count). The van der Waals surface area contributed by atoms with Crippen LogP contribution < -0.4 is 15.5 Å². The van der Waals surface area contributed by atoms with Crippen LogP contribution in [0.5, 0.6) is 11.5 Å². The van der Waals surface area contributed by atoms with E-state index in [0.717, 1.165) is 0 Å². The average molecular weight is 319 g/mol. The molecular weight excluding hydrogens is 305 g/mol. The normalized spacial score (nSPS) is 10.5. The first-order valence-corrected chi connectivity index (χ1v) is 6.72. The predicted molar refractivity (Wildman–Crippen MR) is 88.0 cm³/mol. The summed E-state index contributed by atoms with van der Waals surface area (Å²) in [4.78, 5) is 0. The first kappa shape index (κ1) is 15.7. The van der Waals surface area contributed by atoms with Crippen molar-refractivity contribution in [1.29, 1.82) is 0 Å². The number of phenols is 1. The van der Waals surface area contributed by atoms with E-state index in [4.69, 9.17) is 17.0 Å². The predicted octanol–water partition coefficient (Wildman–Crippen LogP) is 2.86. The van der Waals surface area contributed by atoms with Crippen LogP contribution in [-0.2, 0) is 0 Å². The topological polar surface area (TPSA) is 65.9 Å². The van der Waals surface area contributed by atoms with Gasteiger partial charge in [0, 0.05) is 11.3 Å². The summed E-state index contributed by atoms with van der Waals surface area (Å²) in [6.07, 6.45) is 1.41. The molecule has 0 aliphatic heterocycles. The van der Waals surface area contributed by atoms with Crippen molar-refractivity contribution in [3.05, 3.63) is 53.8 Å². The van der Waals surface area contributed by atoms with Gasteiger partial charge in [0.1, 0.15) is 17.3 Å². The summed E-state index contributed by atoms with van der Waals surface area (Å²) in [7, 11) is 1.54. The molecule has 0 saturated heterocycles. The lowest BCUT2D eigenvalue weighted by molar-refractivity contribution is 0.412. The Labute approximate surface area is 132 Å². The molecule has 0 heterocycles. The molecule has 0 aromatic heterocycles. The highest BCUT2D eigenvalue weighted by molar-refractivity contribution is 7.80. The highest BCUT2D eigenvalue weighted by Gasteiger charge is 2.01. The molecule has 2 aromatic rings. The SMILES string of the molecule is COc1ccc(O)c(/C=N/NC(=S)Nc2ccc(F)cc2)c1. The molecule has 0 fully saturated rings. The molecule has 0 radical (unpaired) electrons. The van der Waals surface area contributed by atoms with E-state index in [-0.39, 0.29) is 16.7 Å². The van der Waals surface area contributed by atoms with Crippen molar-refractivity contribution >= 4 is 29.2 Å². The van der Waals surface area contributed by atoms with Crippen molar-refractivity contribution in [3.63, 3.8) is 0 Å². The lowest BCUT2D eigenvalue weighted by atomic mass is 10.2. The minimum absolute atomic E-state index is 0.0729. The zero-order valence-electron chi connectivity index (χ0n) is 11.7. The number of ether oxygens (including phenoxy) is 1. The van der Waals surface area contributed by atoms with Crippen molar-refractivity contribution < 1.29 is 14.2 Å². The van der Waals surface area contributed by atoms with E-state index in [1.54, 1.807) is 24.3 Å². The number of nitrogens with one attached hydrogen (secondary N) is 2. The fourth-order valence-corrected chi connectivity index (χ4v) is 1.79. The summed E-state index contributed by atoms with van der Waals surface area (Å²) in [5.74, 6) is 0.353. The number of phenolic OH excluding ortho intramolecular Hbond substituents is 1. The summed E-state index contributed by atoms with van der Waals surface area (Å²) < 4.78 is 17.8. The second-order valence-corrected chi connectivity index (χ2v) is 4.66. The number of hydrazone groups is 1. The van der Waals surface area contributed by atoms with Crippen LogP contribution in [0.1, 0.15) is 5.56 Å². The molecule has 0 spiro atoms. The number of rotatable bonds is 4. The third kappa shape index (κ3) is 4.42. The maximum Gasteiger partial charge on any atom is 0.191 e. The highest BCUT2D eigenvalue weighted by atomic mass is 32.1.